The fourth-order valence-corrected chi connectivity index (χ4v) is 1.08. The van der Waals surface area contributed by atoms with Crippen LogP contribution in [-0.4, -0.2) is 12.2 Å². The van der Waals surface area contributed by atoms with Gasteiger partial charge in [-0.25, -0.2) is 4.39 Å². The first-order valence-electron chi connectivity index (χ1n) is 2.87. The number of hydrogen-bond donors (Lipinski definition) is 1. The zero-order valence-electron chi connectivity index (χ0n) is 5.77. The highest BCUT2D eigenvalue weighted by atomic mass is 79.9. The molecule has 60 valence electrons. The molecule has 0 spiro atoms. The molecule has 0 fully saturated rings. The minimum atomic E-state index is -0.698. The van der Waals surface area contributed by atoms with Crippen LogP contribution < -0.4 is 4.74 Å². The van der Waals surface area contributed by atoms with E-state index < -0.39 is 11.6 Å². The first kappa shape index (κ1) is 8.33. The second-order valence-electron chi connectivity index (χ2n) is 1.94. The van der Waals surface area contributed by atoms with Crippen molar-refractivity contribution in [1.82, 2.24) is 0 Å². The number of halogens is 2. The summed E-state index contributed by atoms with van der Waals surface area (Å²) < 4.78 is 17.7. The molecule has 1 N–H and O–H groups in total. The lowest BCUT2D eigenvalue weighted by Crippen LogP contribution is -1.85. The molecule has 0 radical (unpaired) electrons. The predicted molar refractivity (Wildman–Crippen MR) is 42.3 cm³/mol. The van der Waals surface area contributed by atoms with Crippen molar-refractivity contribution in [1.29, 1.82) is 0 Å². The van der Waals surface area contributed by atoms with Gasteiger partial charge in [-0.1, -0.05) is 0 Å². The van der Waals surface area contributed by atoms with Crippen LogP contribution in [0.3, 0.4) is 0 Å². The van der Waals surface area contributed by atoms with Crippen molar-refractivity contribution < 1.29 is 14.2 Å². The molecule has 0 amide bonds. The van der Waals surface area contributed by atoms with Crippen LogP contribution in [0.1, 0.15) is 0 Å². The van der Waals surface area contributed by atoms with E-state index in [1.54, 1.807) is 0 Å². The molecule has 1 aromatic rings. The number of phenols is 1. The molecule has 0 unspecified atom stereocenters. The fraction of sp³-hybridized carbons (Fsp3) is 0.143. The number of methoxy groups -OCH3 is 1. The van der Waals surface area contributed by atoms with Crippen molar-refractivity contribution in [2.24, 2.45) is 0 Å². The lowest BCUT2D eigenvalue weighted by atomic mass is 10.3. The molecule has 0 aromatic heterocycles. The summed E-state index contributed by atoms with van der Waals surface area (Å²) in [4.78, 5) is 0. The van der Waals surface area contributed by atoms with E-state index >= 15 is 0 Å². The monoisotopic (exact) mass is 220 g/mol. The maximum atomic E-state index is 12.7. The van der Waals surface area contributed by atoms with Crippen molar-refractivity contribution in [3.63, 3.8) is 0 Å². The second-order valence-corrected chi connectivity index (χ2v) is 2.79. The number of ether oxygens (including phenoxy) is 1. The number of aromatic hydroxyl groups is 1. The van der Waals surface area contributed by atoms with Gasteiger partial charge in [0.25, 0.3) is 0 Å². The number of rotatable bonds is 1. The van der Waals surface area contributed by atoms with Crippen molar-refractivity contribution in [2.75, 3.05) is 7.11 Å². The van der Waals surface area contributed by atoms with Gasteiger partial charge >= 0.3 is 0 Å². The molecule has 0 aliphatic carbocycles. The van der Waals surface area contributed by atoms with E-state index in [9.17, 15) is 4.39 Å². The molecular weight excluding hydrogens is 215 g/mol. The van der Waals surface area contributed by atoms with Crippen LogP contribution in [-0.2, 0) is 0 Å². The largest absolute Gasteiger partial charge is 0.504 e. The van der Waals surface area contributed by atoms with Crippen LogP contribution in [0.5, 0.6) is 11.5 Å². The first-order valence-corrected chi connectivity index (χ1v) is 3.66. The SMILES string of the molecule is COc1cc(F)c(O)c(Br)c1. The van der Waals surface area contributed by atoms with Gasteiger partial charge in [-0.15, -0.1) is 0 Å². The van der Waals surface area contributed by atoms with Gasteiger partial charge in [0.05, 0.1) is 11.6 Å². The lowest BCUT2D eigenvalue weighted by Gasteiger charge is -2.02. The Morgan fingerprint density at radius 2 is 2.18 bits per heavy atom. The van der Waals surface area contributed by atoms with E-state index in [1.165, 1.54) is 13.2 Å². The molecule has 1 rings (SSSR count). The summed E-state index contributed by atoms with van der Waals surface area (Å²) in [7, 11) is 1.43. The molecule has 2 nitrogen and oxygen atoms in total. The Morgan fingerprint density at radius 3 is 2.64 bits per heavy atom. The average Bonchev–Trinajstić information content (AvgIpc) is 1.99. The second kappa shape index (κ2) is 3.09. The molecule has 11 heavy (non-hydrogen) atoms. The average molecular weight is 221 g/mol. The summed E-state index contributed by atoms with van der Waals surface area (Å²) >= 11 is 2.97. The first-order chi connectivity index (χ1) is 5.15. The van der Waals surface area contributed by atoms with E-state index in [1.807, 2.05) is 0 Å². The highest BCUT2D eigenvalue weighted by Gasteiger charge is 2.06. The molecule has 4 heteroatoms. The normalized spacial score (nSPS) is 9.73. The van der Waals surface area contributed by atoms with Gasteiger partial charge in [0.2, 0.25) is 0 Å². The van der Waals surface area contributed by atoms with E-state index in [0.717, 1.165) is 6.07 Å². The Labute approximate surface area is 71.7 Å². The molecule has 0 aliphatic rings. The lowest BCUT2D eigenvalue weighted by molar-refractivity contribution is 0.397. The molecule has 0 saturated carbocycles. The summed E-state index contributed by atoms with van der Waals surface area (Å²) in [5.74, 6) is -0.728. The molecular formula is C7H6BrFO2. The van der Waals surface area contributed by atoms with Crippen molar-refractivity contribution in [3.8, 4) is 11.5 Å². The van der Waals surface area contributed by atoms with E-state index in [0.29, 0.717) is 5.75 Å². The van der Waals surface area contributed by atoms with Crippen LogP contribution in [0.4, 0.5) is 4.39 Å². The number of hydrogen-bond acceptors (Lipinski definition) is 2. The van der Waals surface area contributed by atoms with E-state index in [4.69, 9.17) is 9.84 Å². The van der Waals surface area contributed by atoms with Gasteiger partial charge in [0.1, 0.15) is 5.75 Å². The van der Waals surface area contributed by atoms with E-state index in [2.05, 4.69) is 15.9 Å². The smallest absolute Gasteiger partial charge is 0.169 e. The quantitative estimate of drug-likeness (QED) is 0.788. The van der Waals surface area contributed by atoms with Crippen molar-refractivity contribution >= 4 is 15.9 Å². The van der Waals surface area contributed by atoms with Gasteiger partial charge in [0.15, 0.2) is 11.6 Å². The Hall–Kier alpha value is -0.770. The zero-order valence-corrected chi connectivity index (χ0v) is 7.35. The summed E-state index contributed by atoms with van der Waals surface area (Å²) in [6, 6.07) is 2.60. The Bertz CT molecular complexity index is 252. The third-order valence-corrected chi connectivity index (χ3v) is 1.83. The highest BCUT2D eigenvalue weighted by molar-refractivity contribution is 9.10. The molecule has 0 heterocycles. The van der Waals surface area contributed by atoms with Gasteiger partial charge in [-0.05, 0) is 22.0 Å². The van der Waals surface area contributed by atoms with Gasteiger partial charge in [-0.2, -0.15) is 0 Å². The molecule has 0 saturated heterocycles. The Balaban J connectivity index is 3.21. The van der Waals surface area contributed by atoms with Crippen molar-refractivity contribution in [3.05, 3.63) is 22.4 Å². The third kappa shape index (κ3) is 1.63. The topological polar surface area (TPSA) is 29.5 Å². The minimum absolute atomic E-state index is 0.286. The highest BCUT2D eigenvalue weighted by Crippen LogP contribution is 2.30. The molecule has 0 bridgehead atoms. The van der Waals surface area contributed by atoms with Gasteiger partial charge in [0, 0.05) is 6.07 Å². The van der Waals surface area contributed by atoms with Crippen LogP contribution in [0.2, 0.25) is 0 Å². The Kier molecular flexibility index (Phi) is 2.34. The Morgan fingerprint density at radius 1 is 1.55 bits per heavy atom. The summed E-state index contributed by atoms with van der Waals surface area (Å²) in [5, 5.41) is 8.95. The summed E-state index contributed by atoms with van der Waals surface area (Å²) in [6.45, 7) is 0. The summed E-state index contributed by atoms with van der Waals surface area (Å²) in [5.41, 5.74) is 0. The zero-order chi connectivity index (χ0) is 8.43. The van der Waals surface area contributed by atoms with E-state index in [-0.39, 0.29) is 4.47 Å². The van der Waals surface area contributed by atoms with Gasteiger partial charge < -0.3 is 9.84 Å². The number of benzene rings is 1. The van der Waals surface area contributed by atoms with Crippen LogP contribution in [0, 0.1) is 5.82 Å². The van der Waals surface area contributed by atoms with Gasteiger partial charge in [-0.3, -0.25) is 0 Å². The standard InChI is InChI=1S/C7H6BrFO2/c1-11-4-2-5(8)7(10)6(9)3-4/h2-3,10H,1H3. The van der Waals surface area contributed by atoms with Crippen LogP contribution in [0.25, 0.3) is 0 Å². The molecule has 1 aromatic carbocycles. The maximum Gasteiger partial charge on any atom is 0.169 e. The fourth-order valence-electron chi connectivity index (χ4n) is 0.660. The predicted octanol–water partition coefficient (Wildman–Crippen LogP) is 2.30. The third-order valence-electron chi connectivity index (χ3n) is 1.23. The molecule has 0 aliphatic heterocycles. The number of phenolic OH excluding ortho intramolecular Hbond substituents is 1. The van der Waals surface area contributed by atoms with Crippen molar-refractivity contribution in [2.45, 2.75) is 0 Å². The maximum absolute atomic E-state index is 12.7. The van der Waals surface area contributed by atoms with Crippen LogP contribution >= 0.6 is 15.9 Å². The molecule has 0 atom stereocenters. The van der Waals surface area contributed by atoms with Crippen LogP contribution in [0.15, 0.2) is 16.6 Å². The minimum Gasteiger partial charge on any atom is -0.504 e. The summed E-state index contributed by atoms with van der Waals surface area (Å²) in [6.07, 6.45) is 0.